The highest BCUT2D eigenvalue weighted by Gasteiger charge is 2.07. The van der Waals surface area contributed by atoms with Crippen molar-refractivity contribution in [3.63, 3.8) is 0 Å². The van der Waals surface area contributed by atoms with Gasteiger partial charge in [-0.15, -0.1) is 0 Å². The Bertz CT molecular complexity index is 482. The molecule has 0 amide bonds. The van der Waals surface area contributed by atoms with Crippen LogP contribution in [0.2, 0.25) is 0 Å². The van der Waals surface area contributed by atoms with Crippen molar-refractivity contribution < 1.29 is 4.74 Å². The lowest BCUT2D eigenvalue weighted by atomic mass is 10.3. The molecule has 0 spiro atoms. The maximum absolute atomic E-state index is 5.74. The van der Waals surface area contributed by atoms with E-state index in [-0.39, 0.29) is 6.10 Å². The van der Waals surface area contributed by atoms with E-state index in [4.69, 9.17) is 10.5 Å². The molecule has 0 aliphatic heterocycles. The van der Waals surface area contributed by atoms with Crippen LogP contribution in [-0.4, -0.2) is 16.1 Å². The number of para-hydroxylation sites is 2. The average Bonchev–Trinajstić information content (AvgIpc) is 2.18. The molecule has 0 radical (unpaired) electrons. The van der Waals surface area contributed by atoms with Gasteiger partial charge in [-0.3, -0.25) is 0 Å². The second-order valence-electron chi connectivity index (χ2n) is 3.57. The molecule has 2 N–H and O–H groups in total. The van der Waals surface area contributed by atoms with Gasteiger partial charge in [-0.05, 0) is 26.0 Å². The van der Waals surface area contributed by atoms with Gasteiger partial charge < -0.3 is 10.5 Å². The van der Waals surface area contributed by atoms with Crippen LogP contribution in [0.3, 0.4) is 0 Å². The van der Waals surface area contributed by atoms with E-state index in [1.54, 1.807) is 0 Å². The summed E-state index contributed by atoms with van der Waals surface area (Å²) >= 11 is 0. The van der Waals surface area contributed by atoms with Gasteiger partial charge in [-0.1, -0.05) is 12.1 Å². The van der Waals surface area contributed by atoms with Crippen LogP contribution in [0.25, 0.3) is 11.0 Å². The molecule has 0 aliphatic carbocycles. The van der Waals surface area contributed by atoms with Crippen LogP contribution in [0, 0.1) is 0 Å². The quantitative estimate of drug-likeness (QED) is 0.810. The van der Waals surface area contributed by atoms with E-state index < -0.39 is 0 Å². The molecule has 2 aromatic rings. The number of fused-ring (bicyclic) bond motifs is 1. The van der Waals surface area contributed by atoms with E-state index in [2.05, 4.69) is 9.97 Å². The minimum absolute atomic E-state index is 0.0442. The van der Waals surface area contributed by atoms with Crippen LogP contribution in [-0.2, 0) is 0 Å². The molecule has 0 unspecified atom stereocenters. The Hall–Kier alpha value is -1.84. The first kappa shape index (κ1) is 9.71. The van der Waals surface area contributed by atoms with Crippen LogP contribution in [0.15, 0.2) is 24.3 Å². The third-order valence-corrected chi connectivity index (χ3v) is 1.91. The van der Waals surface area contributed by atoms with Crippen molar-refractivity contribution in [3.05, 3.63) is 24.3 Å². The SMILES string of the molecule is CC(C)Oc1nc2ccccc2nc1N. The largest absolute Gasteiger partial charge is 0.472 e. The van der Waals surface area contributed by atoms with Gasteiger partial charge in [0.25, 0.3) is 5.88 Å². The van der Waals surface area contributed by atoms with Crippen molar-refractivity contribution in [1.29, 1.82) is 0 Å². The fourth-order valence-corrected chi connectivity index (χ4v) is 1.31. The topological polar surface area (TPSA) is 61.0 Å². The highest BCUT2D eigenvalue weighted by Crippen LogP contribution is 2.21. The van der Waals surface area contributed by atoms with Crippen molar-refractivity contribution >= 4 is 16.9 Å². The number of ether oxygens (including phenoxy) is 1. The summed E-state index contributed by atoms with van der Waals surface area (Å²) in [5.74, 6) is 0.742. The minimum atomic E-state index is 0.0442. The van der Waals surface area contributed by atoms with Crippen LogP contribution >= 0.6 is 0 Å². The molecule has 4 heteroatoms. The first-order valence-corrected chi connectivity index (χ1v) is 4.85. The second kappa shape index (κ2) is 3.73. The molecule has 1 aromatic heterocycles. The predicted octanol–water partition coefficient (Wildman–Crippen LogP) is 2.00. The smallest absolute Gasteiger partial charge is 0.258 e. The highest BCUT2D eigenvalue weighted by atomic mass is 16.5. The van der Waals surface area contributed by atoms with Crippen molar-refractivity contribution in [2.75, 3.05) is 5.73 Å². The first-order chi connectivity index (χ1) is 7.16. The molecule has 0 aliphatic rings. The molecule has 0 bridgehead atoms. The summed E-state index contributed by atoms with van der Waals surface area (Å²) < 4.78 is 5.45. The number of hydrogen-bond donors (Lipinski definition) is 1. The summed E-state index contributed by atoms with van der Waals surface area (Å²) in [4.78, 5) is 8.52. The zero-order chi connectivity index (χ0) is 10.8. The van der Waals surface area contributed by atoms with E-state index >= 15 is 0 Å². The third kappa shape index (κ3) is 1.98. The molecule has 0 fully saturated rings. The second-order valence-corrected chi connectivity index (χ2v) is 3.57. The number of hydrogen-bond acceptors (Lipinski definition) is 4. The molecule has 15 heavy (non-hydrogen) atoms. The lowest BCUT2D eigenvalue weighted by Gasteiger charge is -2.10. The number of anilines is 1. The standard InChI is InChI=1S/C11H13N3O/c1-7(2)15-11-10(12)13-8-5-3-4-6-9(8)14-11/h3-7H,1-2H3,(H2,12,13). The molecule has 78 valence electrons. The number of benzene rings is 1. The normalized spacial score (nSPS) is 10.9. The van der Waals surface area contributed by atoms with E-state index in [1.165, 1.54) is 0 Å². The van der Waals surface area contributed by atoms with E-state index in [9.17, 15) is 0 Å². The number of nitrogen functional groups attached to an aromatic ring is 1. The molecular formula is C11H13N3O. The predicted molar refractivity (Wildman–Crippen MR) is 59.7 cm³/mol. The summed E-state index contributed by atoms with van der Waals surface area (Å²) in [6.07, 6.45) is 0.0442. The molecule has 2 rings (SSSR count). The Morgan fingerprint density at radius 3 is 2.33 bits per heavy atom. The maximum Gasteiger partial charge on any atom is 0.258 e. The first-order valence-electron chi connectivity index (χ1n) is 4.85. The fourth-order valence-electron chi connectivity index (χ4n) is 1.31. The highest BCUT2D eigenvalue weighted by molar-refractivity contribution is 5.76. The fraction of sp³-hybridized carbons (Fsp3) is 0.273. The van der Waals surface area contributed by atoms with Crippen molar-refractivity contribution in [2.45, 2.75) is 20.0 Å². The molecule has 0 atom stereocenters. The van der Waals surface area contributed by atoms with Gasteiger partial charge in [-0.25, -0.2) is 9.97 Å². The van der Waals surface area contributed by atoms with E-state index in [0.717, 1.165) is 11.0 Å². The summed E-state index contributed by atoms with van der Waals surface area (Å²) in [6, 6.07) is 7.57. The van der Waals surface area contributed by atoms with Crippen LogP contribution < -0.4 is 10.5 Å². The molecular weight excluding hydrogens is 190 g/mol. The van der Waals surface area contributed by atoms with Gasteiger partial charge in [0.05, 0.1) is 17.1 Å². The van der Waals surface area contributed by atoms with E-state index in [1.807, 2.05) is 38.1 Å². The number of rotatable bonds is 2. The van der Waals surface area contributed by atoms with Gasteiger partial charge in [0.1, 0.15) is 0 Å². The van der Waals surface area contributed by atoms with Crippen molar-refractivity contribution in [1.82, 2.24) is 9.97 Å². The summed E-state index contributed by atoms with van der Waals surface area (Å²) in [6.45, 7) is 3.85. The zero-order valence-corrected chi connectivity index (χ0v) is 8.77. The van der Waals surface area contributed by atoms with Crippen LogP contribution in [0.4, 0.5) is 5.82 Å². The van der Waals surface area contributed by atoms with Gasteiger partial charge in [-0.2, -0.15) is 0 Å². The molecule has 4 nitrogen and oxygen atoms in total. The monoisotopic (exact) mass is 203 g/mol. The Kier molecular flexibility index (Phi) is 2.41. The molecule has 1 heterocycles. The lowest BCUT2D eigenvalue weighted by molar-refractivity contribution is 0.234. The summed E-state index contributed by atoms with van der Waals surface area (Å²) in [5.41, 5.74) is 7.31. The van der Waals surface area contributed by atoms with Gasteiger partial charge in [0.2, 0.25) is 0 Å². The Labute approximate surface area is 88.1 Å². The van der Waals surface area contributed by atoms with Gasteiger partial charge >= 0.3 is 0 Å². The van der Waals surface area contributed by atoms with Gasteiger partial charge in [0, 0.05) is 0 Å². The molecule has 0 saturated heterocycles. The van der Waals surface area contributed by atoms with Crippen LogP contribution in [0.1, 0.15) is 13.8 Å². The number of nitrogens with two attached hydrogens (primary N) is 1. The number of aromatic nitrogens is 2. The molecule has 0 saturated carbocycles. The summed E-state index contributed by atoms with van der Waals surface area (Å²) in [7, 11) is 0. The van der Waals surface area contributed by atoms with Crippen molar-refractivity contribution in [2.24, 2.45) is 0 Å². The Balaban J connectivity index is 2.52. The Morgan fingerprint density at radius 2 is 1.73 bits per heavy atom. The average molecular weight is 203 g/mol. The molecule has 1 aromatic carbocycles. The zero-order valence-electron chi connectivity index (χ0n) is 8.77. The summed E-state index contributed by atoms with van der Waals surface area (Å²) in [5, 5.41) is 0. The van der Waals surface area contributed by atoms with E-state index in [0.29, 0.717) is 11.7 Å². The minimum Gasteiger partial charge on any atom is -0.472 e. The maximum atomic E-state index is 5.74. The lowest BCUT2D eigenvalue weighted by Crippen LogP contribution is -2.10. The van der Waals surface area contributed by atoms with Crippen molar-refractivity contribution in [3.8, 4) is 5.88 Å². The number of nitrogens with zero attached hydrogens (tertiary/aromatic N) is 2. The third-order valence-electron chi connectivity index (χ3n) is 1.91. The van der Waals surface area contributed by atoms with Crippen LogP contribution in [0.5, 0.6) is 5.88 Å². The van der Waals surface area contributed by atoms with Gasteiger partial charge in [0.15, 0.2) is 5.82 Å². The Morgan fingerprint density at radius 1 is 1.13 bits per heavy atom.